The minimum atomic E-state index is -0.0912. The fourth-order valence-corrected chi connectivity index (χ4v) is 3.05. The van der Waals surface area contributed by atoms with E-state index in [4.69, 9.17) is 0 Å². The molecule has 0 radical (unpaired) electrons. The molecule has 1 aromatic carbocycles. The standard InChI is InChI=1S/C17H27FN2/c1-4-17(15-7-5-6-8-16(15)18)19-14-9-11-20(12-10-14)13(2)3/h5-8,13-14,17,19H,4,9-12H2,1-3H3. The molecule has 1 unspecified atom stereocenters. The van der Waals surface area contributed by atoms with Gasteiger partial charge in [-0.15, -0.1) is 0 Å². The molecule has 3 heteroatoms. The molecule has 0 bridgehead atoms. The molecule has 112 valence electrons. The van der Waals surface area contributed by atoms with Gasteiger partial charge in [0.15, 0.2) is 0 Å². The molecule has 1 N–H and O–H groups in total. The highest BCUT2D eigenvalue weighted by Gasteiger charge is 2.23. The van der Waals surface area contributed by atoms with Crippen molar-refractivity contribution in [3.63, 3.8) is 0 Å². The molecule has 1 aliphatic rings. The number of hydrogen-bond acceptors (Lipinski definition) is 2. The third-order valence-electron chi connectivity index (χ3n) is 4.39. The Hall–Kier alpha value is -0.930. The summed E-state index contributed by atoms with van der Waals surface area (Å²) in [6.07, 6.45) is 3.23. The molecule has 1 aliphatic heterocycles. The van der Waals surface area contributed by atoms with Crippen LogP contribution in [0.4, 0.5) is 4.39 Å². The molecular formula is C17H27FN2. The van der Waals surface area contributed by atoms with Crippen molar-refractivity contribution in [3.05, 3.63) is 35.6 Å². The summed E-state index contributed by atoms with van der Waals surface area (Å²) in [5.74, 6) is -0.0912. The number of halogens is 1. The molecule has 0 aromatic heterocycles. The third-order valence-corrected chi connectivity index (χ3v) is 4.39. The Morgan fingerprint density at radius 2 is 1.90 bits per heavy atom. The number of rotatable bonds is 5. The highest BCUT2D eigenvalue weighted by Crippen LogP contribution is 2.23. The highest BCUT2D eigenvalue weighted by atomic mass is 19.1. The zero-order chi connectivity index (χ0) is 14.5. The first-order valence-electron chi connectivity index (χ1n) is 7.86. The lowest BCUT2D eigenvalue weighted by Crippen LogP contribution is -2.45. The van der Waals surface area contributed by atoms with Crippen molar-refractivity contribution in [1.29, 1.82) is 0 Å². The van der Waals surface area contributed by atoms with Crippen LogP contribution in [0.1, 0.15) is 51.6 Å². The molecule has 0 saturated carbocycles. The van der Waals surface area contributed by atoms with Gasteiger partial charge in [-0.3, -0.25) is 0 Å². The van der Waals surface area contributed by atoms with Crippen LogP contribution < -0.4 is 5.32 Å². The first-order valence-corrected chi connectivity index (χ1v) is 7.86. The minimum Gasteiger partial charge on any atom is -0.307 e. The van der Waals surface area contributed by atoms with Gasteiger partial charge in [-0.25, -0.2) is 4.39 Å². The molecule has 0 aliphatic carbocycles. The van der Waals surface area contributed by atoms with E-state index in [0.29, 0.717) is 12.1 Å². The Labute approximate surface area is 122 Å². The highest BCUT2D eigenvalue weighted by molar-refractivity contribution is 5.21. The van der Waals surface area contributed by atoms with Gasteiger partial charge in [0, 0.05) is 23.7 Å². The van der Waals surface area contributed by atoms with Crippen LogP contribution in [-0.4, -0.2) is 30.1 Å². The lowest BCUT2D eigenvalue weighted by molar-refractivity contribution is 0.155. The van der Waals surface area contributed by atoms with Crippen molar-refractivity contribution in [1.82, 2.24) is 10.2 Å². The quantitative estimate of drug-likeness (QED) is 0.882. The van der Waals surface area contributed by atoms with Gasteiger partial charge in [0.2, 0.25) is 0 Å². The van der Waals surface area contributed by atoms with E-state index in [2.05, 4.69) is 31.0 Å². The van der Waals surface area contributed by atoms with E-state index in [-0.39, 0.29) is 11.9 Å². The summed E-state index contributed by atoms with van der Waals surface area (Å²) in [6.45, 7) is 8.91. The van der Waals surface area contributed by atoms with Crippen LogP contribution in [0, 0.1) is 5.82 Å². The molecule has 2 nitrogen and oxygen atoms in total. The number of likely N-dealkylation sites (tertiary alicyclic amines) is 1. The maximum Gasteiger partial charge on any atom is 0.127 e. The Balaban J connectivity index is 1.93. The van der Waals surface area contributed by atoms with Crippen molar-refractivity contribution in [2.24, 2.45) is 0 Å². The second kappa shape index (κ2) is 7.19. The minimum absolute atomic E-state index is 0.0912. The molecule has 2 rings (SSSR count). The molecule has 1 fully saturated rings. The van der Waals surface area contributed by atoms with Gasteiger partial charge < -0.3 is 10.2 Å². The molecule has 0 amide bonds. The lowest BCUT2D eigenvalue weighted by atomic mass is 9.98. The molecule has 1 saturated heterocycles. The molecule has 0 spiro atoms. The van der Waals surface area contributed by atoms with Crippen LogP contribution in [-0.2, 0) is 0 Å². The largest absolute Gasteiger partial charge is 0.307 e. The summed E-state index contributed by atoms with van der Waals surface area (Å²) in [4.78, 5) is 2.52. The average Bonchev–Trinajstić information content (AvgIpc) is 2.46. The van der Waals surface area contributed by atoms with Gasteiger partial charge in [-0.1, -0.05) is 25.1 Å². The van der Waals surface area contributed by atoms with Gasteiger partial charge in [-0.2, -0.15) is 0 Å². The van der Waals surface area contributed by atoms with Crippen LogP contribution in [0.25, 0.3) is 0 Å². The smallest absolute Gasteiger partial charge is 0.127 e. The zero-order valence-corrected chi connectivity index (χ0v) is 12.9. The molecule has 1 heterocycles. The monoisotopic (exact) mass is 278 g/mol. The van der Waals surface area contributed by atoms with E-state index in [1.54, 1.807) is 12.1 Å². The Kier molecular flexibility index (Phi) is 5.55. The summed E-state index contributed by atoms with van der Waals surface area (Å²) >= 11 is 0. The van der Waals surface area contributed by atoms with Gasteiger partial charge in [-0.05, 0) is 52.3 Å². The van der Waals surface area contributed by atoms with Gasteiger partial charge in [0.05, 0.1) is 0 Å². The molecule has 20 heavy (non-hydrogen) atoms. The van der Waals surface area contributed by atoms with Crippen molar-refractivity contribution in [2.75, 3.05) is 13.1 Å². The van der Waals surface area contributed by atoms with Crippen molar-refractivity contribution in [3.8, 4) is 0 Å². The number of hydrogen-bond donors (Lipinski definition) is 1. The summed E-state index contributed by atoms with van der Waals surface area (Å²) < 4.78 is 13.9. The molecular weight excluding hydrogens is 251 g/mol. The van der Waals surface area contributed by atoms with Crippen molar-refractivity contribution in [2.45, 2.75) is 58.2 Å². The normalized spacial score (nSPS) is 19.4. The van der Waals surface area contributed by atoms with Crippen LogP contribution in [0.2, 0.25) is 0 Å². The predicted molar refractivity (Wildman–Crippen MR) is 82.3 cm³/mol. The van der Waals surface area contributed by atoms with Crippen LogP contribution in [0.3, 0.4) is 0 Å². The second-order valence-corrected chi connectivity index (χ2v) is 6.05. The van der Waals surface area contributed by atoms with Gasteiger partial charge in [0.25, 0.3) is 0 Å². The average molecular weight is 278 g/mol. The third kappa shape index (κ3) is 3.80. The topological polar surface area (TPSA) is 15.3 Å². The maximum atomic E-state index is 13.9. The van der Waals surface area contributed by atoms with E-state index >= 15 is 0 Å². The summed E-state index contributed by atoms with van der Waals surface area (Å²) in [5.41, 5.74) is 0.807. The van der Waals surface area contributed by atoms with E-state index in [1.165, 1.54) is 0 Å². The number of benzene rings is 1. The zero-order valence-electron chi connectivity index (χ0n) is 12.9. The maximum absolute atomic E-state index is 13.9. The number of piperidine rings is 1. The second-order valence-electron chi connectivity index (χ2n) is 6.05. The van der Waals surface area contributed by atoms with E-state index in [0.717, 1.165) is 37.9 Å². The van der Waals surface area contributed by atoms with Crippen LogP contribution >= 0.6 is 0 Å². The van der Waals surface area contributed by atoms with E-state index in [9.17, 15) is 4.39 Å². The van der Waals surface area contributed by atoms with Gasteiger partial charge in [0.1, 0.15) is 5.82 Å². The summed E-state index contributed by atoms with van der Waals surface area (Å²) in [6, 6.07) is 8.41. The Bertz CT molecular complexity index is 411. The first kappa shape index (κ1) is 15.5. The summed E-state index contributed by atoms with van der Waals surface area (Å²) in [5, 5.41) is 3.66. The number of nitrogens with zero attached hydrogens (tertiary/aromatic N) is 1. The van der Waals surface area contributed by atoms with Crippen molar-refractivity contribution >= 4 is 0 Å². The number of nitrogens with one attached hydrogen (secondary N) is 1. The molecule has 1 atom stereocenters. The SMILES string of the molecule is CCC(NC1CCN(C(C)C)CC1)c1ccccc1F. The van der Waals surface area contributed by atoms with Crippen LogP contribution in [0.15, 0.2) is 24.3 Å². The Morgan fingerprint density at radius 3 is 2.45 bits per heavy atom. The van der Waals surface area contributed by atoms with E-state index < -0.39 is 0 Å². The van der Waals surface area contributed by atoms with E-state index in [1.807, 2.05) is 12.1 Å². The first-order chi connectivity index (χ1) is 9.61. The summed E-state index contributed by atoms with van der Waals surface area (Å²) in [7, 11) is 0. The fourth-order valence-electron chi connectivity index (χ4n) is 3.05. The molecule has 1 aromatic rings. The lowest BCUT2D eigenvalue weighted by Gasteiger charge is -2.36. The Morgan fingerprint density at radius 1 is 1.25 bits per heavy atom. The fraction of sp³-hybridized carbons (Fsp3) is 0.647. The van der Waals surface area contributed by atoms with Gasteiger partial charge >= 0.3 is 0 Å². The van der Waals surface area contributed by atoms with Crippen molar-refractivity contribution < 1.29 is 4.39 Å². The van der Waals surface area contributed by atoms with Crippen LogP contribution in [0.5, 0.6) is 0 Å². The predicted octanol–water partition coefficient (Wildman–Crippen LogP) is 3.74.